The Balaban J connectivity index is 0.870. The van der Waals surface area contributed by atoms with Gasteiger partial charge in [0.15, 0.2) is 17.2 Å². The minimum atomic E-state index is -0.573. The summed E-state index contributed by atoms with van der Waals surface area (Å²) in [4.78, 5) is 43.2. The van der Waals surface area contributed by atoms with Gasteiger partial charge in [-0.25, -0.2) is 0 Å². The highest BCUT2D eigenvalue weighted by Gasteiger charge is 2.24. The van der Waals surface area contributed by atoms with Crippen LogP contribution in [0, 0.1) is 0 Å². The number of carbonyl (C=O) groups excluding carboxylic acids is 3. The standard InChI is InChI=1S/C72H54N10O9/c1-89-61-25-13-10-22-58(61)73-70(86)55-40-43-16-4-7-19-52(43)64(67(55)83)79-76-46-28-34-49(35-29-46)82(50-36-30-47(31-37-50)77-80-65-53-20-8-5-17-44(53)41-56(68(65)84)71(87)74-59-23-11-14-26-62(59)90-2)51-38-32-48(33-39-51)78-81-66-54-21-9-6-18-45(54)42-57(69(66)85)72(88)75-60-24-12-15-27-63(60)91-3/h4-42,83-85H,1-3H3,(H,73,86)(H,74,87)(H,75,88). The molecule has 0 aliphatic rings. The summed E-state index contributed by atoms with van der Waals surface area (Å²) in [5.74, 6) is -1.45. The van der Waals surface area contributed by atoms with E-state index in [1.165, 1.54) is 21.3 Å². The van der Waals surface area contributed by atoms with Crippen molar-refractivity contribution in [1.29, 1.82) is 0 Å². The van der Waals surface area contributed by atoms with Crippen molar-refractivity contribution in [2.45, 2.75) is 0 Å². The van der Waals surface area contributed by atoms with Crippen LogP contribution in [0.1, 0.15) is 31.1 Å². The number of hydrogen-bond donors (Lipinski definition) is 6. The molecule has 0 unspecified atom stereocenters. The summed E-state index contributed by atoms with van der Waals surface area (Å²) >= 11 is 0. The first kappa shape index (κ1) is 58.6. The van der Waals surface area contributed by atoms with Crippen molar-refractivity contribution >= 4 is 118 Å². The lowest BCUT2D eigenvalue weighted by molar-refractivity contribution is 0.101. The van der Waals surface area contributed by atoms with Crippen LogP contribution in [0.5, 0.6) is 34.5 Å². The van der Waals surface area contributed by atoms with Crippen LogP contribution in [0.3, 0.4) is 0 Å². The minimum absolute atomic E-state index is 0.0123. The molecule has 0 aliphatic carbocycles. The molecular formula is C72H54N10O9. The smallest absolute Gasteiger partial charge is 0.259 e. The number of aromatic hydroxyl groups is 3. The average Bonchev–Trinajstić information content (AvgIpc) is 1.08. The van der Waals surface area contributed by atoms with Gasteiger partial charge in [-0.15, -0.1) is 15.3 Å². The largest absolute Gasteiger partial charge is 0.505 e. The maximum absolute atomic E-state index is 13.8. The molecule has 0 aromatic heterocycles. The Bertz CT molecular complexity index is 4380. The van der Waals surface area contributed by atoms with Gasteiger partial charge < -0.3 is 50.4 Å². The van der Waals surface area contributed by atoms with E-state index in [4.69, 9.17) is 14.2 Å². The monoisotopic (exact) mass is 1200 g/mol. The van der Waals surface area contributed by atoms with Crippen molar-refractivity contribution < 1.29 is 43.9 Å². The number of methoxy groups -OCH3 is 3. The molecule has 6 N–H and O–H groups in total. The van der Waals surface area contributed by atoms with E-state index in [1.807, 2.05) is 77.7 Å². The summed E-state index contributed by atoms with van der Waals surface area (Å²) in [6.45, 7) is 0. The number of nitrogens with zero attached hydrogens (tertiary/aromatic N) is 7. The third kappa shape index (κ3) is 12.3. The van der Waals surface area contributed by atoms with Crippen molar-refractivity contribution in [3.05, 3.63) is 253 Å². The highest BCUT2D eigenvalue weighted by atomic mass is 16.5. The van der Waals surface area contributed by atoms with Crippen LogP contribution in [-0.2, 0) is 0 Å². The molecule has 12 aromatic carbocycles. The van der Waals surface area contributed by atoms with Crippen LogP contribution in [0.25, 0.3) is 32.3 Å². The molecule has 0 bridgehead atoms. The number of azo groups is 3. The normalized spacial score (nSPS) is 11.4. The predicted molar refractivity (Wildman–Crippen MR) is 353 cm³/mol. The van der Waals surface area contributed by atoms with E-state index in [2.05, 4.69) is 46.6 Å². The number of benzene rings is 12. The molecular weight excluding hydrogens is 1150 g/mol. The Morgan fingerprint density at radius 2 is 0.582 bits per heavy atom. The molecule has 0 heterocycles. The quantitative estimate of drug-likeness (QED) is 0.0443. The third-order valence-electron chi connectivity index (χ3n) is 14.9. The first-order valence-corrected chi connectivity index (χ1v) is 28.4. The molecule has 12 aromatic rings. The maximum atomic E-state index is 13.8. The first-order chi connectivity index (χ1) is 44.5. The van der Waals surface area contributed by atoms with Crippen LogP contribution in [0.4, 0.5) is 68.2 Å². The zero-order chi connectivity index (χ0) is 63.0. The molecule has 3 amide bonds. The van der Waals surface area contributed by atoms with Gasteiger partial charge in [0.05, 0.1) is 72.1 Å². The van der Waals surface area contributed by atoms with Crippen molar-refractivity contribution in [3.8, 4) is 34.5 Å². The summed E-state index contributed by atoms with van der Waals surface area (Å²) in [5.41, 5.74) is 4.86. The lowest BCUT2D eigenvalue weighted by Gasteiger charge is -2.25. The van der Waals surface area contributed by atoms with Gasteiger partial charge in [-0.2, -0.15) is 15.3 Å². The Morgan fingerprint density at radius 3 is 0.857 bits per heavy atom. The van der Waals surface area contributed by atoms with Crippen LogP contribution in [0.2, 0.25) is 0 Å². The van der Waals surface area contributed by atoms with Gasteiger partial charge in [0.25, 0.3) is 17.7 Å². The number of hydrogen-bond acceptors (Lipinski definition) is 16. The second-order valence-corrected chi connectivity index (χ2v) is 20.5. The molecule has 91 heavy (non-hydrogen) atoms. The van der Waals surface area contributed by atoms with Crippen molar-refractivity contribution in [3.63, 3.8) is 0 Å². The summed E-state index contributed by atoms with van der Waals surface area (Å²) < 4.78 is 16.3. The number of amides is 3. The van der Waals surface area contributed by atoms with E-state index in [0.29, 0.717) is 101 Å². The van der Waals surface area contributed by atoms with Crippen molar-refractivity contribution in [1.82, 2.24) is 0 Å². The molecule has 0 spiro atoms. The summed E-state index contributed by atoms with van der Waals surface area (Å²) in [6.07, 6.45) is 0. The number of rotatable bonds is 18. The van der Waals surface area contributed by atoms with Crippen LogP contribution in [0.15, 0.2) is 267 Å². The molecule has 0 aliphatic heterocycles. The molecule has 0 radical (unpaired) electrons. The van der Waals surface area contributed by atoms with Gasteiger partial charge in [0.1, 0.15) is 34.3 Å². The third-order valence-corrected chi connectivity index (χ3v) is 14.9. The van der Waals surface area contributed by atoms with Gasteiger partial charge in [0, 0.05) is 33.2 Å². The second kappa shape index (κ2) is 26.1. The van der Waals surface area contributed by atoms with Gasteiger partial charge in [-0.05, 0) is 144 Å². The Hall–Kier alpha value is -12.8. The maximum Gasteiger partial charge on any atom is 0.259 e. The molecule has 446 valence electrons. The van der Waals surface area contributed by atoms with Crippen LogP contribution in [-0.4, -0.2) is 54.4 Å². The number of para-hydroxylation sites is 6. The van der Waals surface area contributed by atoms with Crippen LogP contribution < -0.4 is 35.1 Å². The highest BCUT2D eigenvalue weighted by molar-refractivity contribution is 6.14. The summed E-state index contributed by atoms with van der Waals surface area (Å²) in [6, 6.07) is 69.0. The fourth-order valence-corrected chi connectivity index (χ4v) is 10.4. The summed E-state index contributed by atoms with van der Waals surface area (Å²) in [7, 11) is 4.51. The zero-order valence-corrected chi connectivity index (χ0v) is 48.9. The van der Waals surface area contributed by atoms with E-state index < -0.39 is 17.7 Å². The van der Waals surface area contributed by atoms with E-state index in [-0.39, 0.29) is 51.0 Å². The van der Waals surface area contributed by atoms with Crippen molar-refractivity contribution in [2.75, 3.05) is 42.2 Å². The fraction of sp³-hybridized carbons (Fsp3) is 0.0417. The first-order valence-electron chi connectivity index (χ1n) is 28.4. The topological polar surface area (TPSA) is 253 Å². The van der Waals surface area contributed by atoms with Gasteiger partial charge in [-0.1, -0.05) is 109 Å². The molecule has 0 atom stereocenters. The number of anilines is 6. The average molecular weight is 1200 g/mol. The highest BCUT2D eigenvalue weighted by Crippen LogP contribution is 2.45. The zero-order valence-electron chi connectivity index (χ0n) is 48.9. The molecule has 19 nitrogen and oxygen atoms in total. The number of phenols is 3. The fourth-order valence-electron chi connectivity index (χ4n) is 10.4. The number of fused-ring (bicyclic) bond motifs is 3. The SMILES string of the molecule is COc1ccccc1NC(=O)c1cc2ccccc2c(N=Nc2ccc(N(c3ccc(N=Nc4c(O)c(C(=O)Nc5ccccc5OC)cc5ccccc45)cc3)c3ccc(N=Nc4c(O)c(C(=O)Nc5ccccc5OC)cc5ccccc45)cc3)cc2)c1O. The van der Waals surface area contributed by atoms with Crippen LogP contribution >= 0.6 is 0 Å². The molecule has 12 rings (SSSR count). The van der Waals surface area contributed by atoms with E-state index in [0.717, 1.165) is 0 Å². The Kier molecular flexibility index (Phi) is 16.8. The molecule has 0 saturated heterocycles. The van der Waals surface area contributed by atoms with Gasteiger partial charge >= 0.3 is 0 Å². The van der Waals surface area contributed by atoms with E-state index in [1.54, 1.807) is 164 Å². The predicted octanol–water partition coefficient (Wildman–Crippen LogP) is 18.8. The van der Waals surface area contributed by atoms with Gasteiger partial charge in [0.2, 0.25) is 0 Å². The molecule has 19 heteroatoms. The van der Waals surface area contributed by atoms with E-state index >= 15 is 0 Å². The number of phenolic OH excluding ortho intramolecular Hbond substituents is 3. The number of ether oxygens (including phenoxy) is 3. The summed E-state index contributed by atoms with van der Waals surface area (Å²) in [5, 5.41) is 74.5. The lowest BCUT2D eigenvalue weighted by atomic mass is 10.0. The Morgan fingerprint density at radius 1 is 0.330 bits per heavy atom. The van der Waals surface area contributed by atoms with Gasteiger partial charge in [-0.3, -0.25) is 14.4 Å². The number of carbonyl (C=O) groups is 3. The number of nitrogens with one attached hydrogen (secondary N) is 3. The molecule has 0 fully saturated rings. The lowest BCUT2D eigenvalue weighted by Crippen LogP contribution is -2.13. The minimum Gasteiger partial charge on any atom is -0.505 e. The Labute approximate surface area is 520 Å². The second-order valence-electron chi connectivity index (χ2n) is 20.5. The molecule has 0 saturated carbocycles. The van der Waals surface area contributed by atoms with Crippen molar-refractivity contribution in [2.24, 2.45) is 30.7 Å². The van der Waals surface area contributed by atoms with E-state index in [9.17, 15) is 29.7 Å².